The number of nitrogen functional groups attached to an aromatic ring is 1. The maximum absolute atomic E-state index is 12.2. The number of nitrogens with two attached hydrogens (primary N) is 1. The number of aromatic amines is 1. The number of rotatable bonds is 3. The summed E-state index contributed by atoms with van der Waals surface area (Å²) in [6, 6.07) is 0.156. The third-order valence-corrected chi connectivity index (χ3v) is 3.31. The molecule has 1 unspecified atom stereocenters. The predicted octanol–water partition coefficient (Wildman–Crippen LogP) is -3.36. The first-order valence-corrected chi connectivity index (χ1v) is 6.25. The number of hydrogen-bond donors (Lipinski definition) is 5. The Hall–Kier alpha value is -1.88. The van der Waals surface area contributed by atoms with Gasteiger partial charge in [-0.2, -0.15) is 4.57 Å². The van der Waals surface area contributed by atoms with E-state index in [0.29, 0.717) is 0 Å². The molecule has 0 saturated carbocycles. The van der Waals surface area contributed by atoms with Crippen LogP contribution in [0, 0.1) is 0 Å². The largest absolute Gasteiger partial charge is 0.446 e. The summed E-state index contributed by atoms with van der Waals surface area (Å²) in [5, 5.41) is 31.4. The second-order valence-electron chi connectivity index (χ2n) is 4.73. The molecule has 2 heterocycles. The highest BCUT2D eigenvalue weighted by atomic mass is 16.5. The fourth-order valence-corrected chi connectivity index (χ4v) is 2.04. The van der Waals surface area contributed by atoms with Crippen molar-refractivity contribution in [3.8, 4) is 6.01 Å². The number of anilines is 2. The Morgan fingerprint density at radius 1 is 1.43 bits per heavy atom. The van der Waals surface area contributed by atoms with Crippen LogP contribution in [0.3, 0.4) is 0 Å². The highest BCUT2D eigenvalue weighted by Gasteiger charge is 2.38. The van der Waals surface area contributed by atoms with E-state index >= 15 is 0 Å². The van der Waals surface area contributed by atoms with Crippen LogP contribution in [0.4, 0.5) is 11.5 Å². The van der Waals surface area contributed by atoms with Crippen LogP contribution in [-0.2, 0) is 11.8 Å². The summed E-state index contributed by atoms with van der Waals surface area (Å²) in [7, 11) is 2.85. The molecule has 118 valence electrons. The predicted molar refractivity (Wildman–Crippen MR) is 70.6 cm³/mol. The lowest BCUT2D eigenvalue weighted by Gasteiger charge is -2.35. The maximum Gasteiger partial charge on any atom is 0.399 e. The van der Waals surface area contributed by atoms with Crippen molar-refractivity contribution in [2.45, 2.75) is 24.5 Å². The molecule has 1 aliphatic rings. The molecule has 2 rings (SSSR count). The Morgan fingerprint density at radius 3 is 2.71 bits per heavy atom. The van der Waals surface area contributed by atoms with Gasteiger partial charge in [-0.15, -0.1) is 0 Å². The molecule has 0 bridgehead atoms. The molecule has 1 fully saturated rings. The molecule has 10 heteroatoms. The van der Waals surface area contributed by atoms with Gasteiger partial charge in [0.05, 0.1) is 20.8 Å². The normalized spacial score (nSPS) is 29.2. The standard InChI is InChI=1S/C11H18N4O6/c1-15-10(19)5(8(12)14-11(15)20-2)13-9-7(18)6(17)4(16)3-21-9/h4,6-7,9,13,16-18H,3,12H2,1-2H3/p+1/t4-,6+,7-,9?/m0/s1. The van der Waals surface area contributed by atoms with Gasteiger partial charge in [-0.25, -0.2) is 9.78 Å². The molecule has 21 heavy (non-hydrogen) atoms. The van der Waals surface area contributed by atoms with Crippen LogP contribution in [0.5, 0.6) is 6.01 Å². The molecule has 0 aliphatic carbocycles. The SMILES string of the molecule is COc1[nH+]c(N)c(NC2OC[C@H](O)[C@@H](O)[C@@H]2O)c(=O)n1C. The number of nitrogens with zero attached hydrogens (tertiary/aromatic N) is 1. The molecule has 1 aromatic heterocycles. The average molecular weight is 303 g/mol. The summed E-state index contributed by atoms with van der Waals surface area (Å²) >= 11 is 0. The zero-order valence-corrected chi connectivity index (χ0v) is 11.6. The molecule has 0 spiro atoms. The van der Waals surface area contributed by atoms with Gasteiger partial charge in [-0.3, -0.25) is 0 Å². The van der Waals surface area contributed by atoms with Gasteiger partial charge in [-0.05, 0) is 0 Å². The van der Waals surface area contributed by atoms with Crippen LogP contribution in [0.2, 0.25) is 0 Å². The van der Waals surface area contributed by atoms with Crippen LogP contribution in [0.15, 0.2) is 4.79 Å². The molecular formula is C11H19N4O6+. The van der Waals surface area contributed by atoms with Crippen molar-refractivity contribution in [1.82, 2.24) is 4.57 Å². The Bertz CT molecular complexity index is 577. The maximum atomic E-state index is 12.2. The molecule has 10 nitrogen and oxygen atoms in total. The average Bonchev–Trinajstić information content (AvgIpc) is 2.47. The lowest BCUT2D eigenvalue weighted by molar-refractivity contribution is -0.384. The van der Waals surface area contributed by atoms with Crippen molar-refractivity contribution in [3.63, 3.8) is 0 Å². The highest BCUT2D eigenvalue weighted by Crippen LogP contribution is 2.19. The van der Waals surface area contributed by atoms with Crippen LogP contribution in [-0.4, -0.2) is 58.1 Å². The second kappa shape index (κ2) is 5.85. The van der Waals surface area contributed by atoms with E-state index in [0.717, 1.165) is 0 Å². The number of aromatic nitrogens is 2. The topological polar surface area (TPSA) is 153 Å². The summed E-state index contributed by atoms with van der Waals surface area (Å²) in [6.07, 6.45) is -5.08. The summed E-state index contributed by atoms with van der Waals surface area (Å²) in [6.45, 7) is -0.185. The summed E-state index contributed by atoms with van der Waals surface area (Å²) in [5.74, 6) is -0.00800. The number of nitrogens with one attached hydrogen (secondary N) is 2. The van der Waals surface area contributed by atoms with Crippen LogP contribution in [0.25, 0.3) is 0 Å². The summed E-state index contributed by atoms with van der Waals surface area (Å²) < 4.78 is 11.3. The van der Waals surface area contributed by atoms with Gasteiger partial charge in [0.1, 0.15) is 18.3 Å². The Kier molecular flexibility index (Phi) is 4.32. The van der Waals surface area contributed by atoms with E-state index in [9.17, 15) is 20.1 Å². The fraction of sp³-hybridized carbons (Fsp3) is 0.636. The molecule has 0 radical (unpaired) electrons. The zero-order chi connectivity index (χ0) is 15.7. The monoisotopic (exact) mass is 303 g/mol. The van der Waals surface area contributed by atoms with Crippen LogP contribution >= 0.6 is 0 Å². The third kappa shape index (κ3) is 2.78. The van der Waals surface area contributed by atoms with Crippen molar-refractivity contribution in [1.29, 1.82) is 0 Å². The lowest BCUT2D eigenvalue weighted by atomic mass is 10.0. The summed E-state index contributed by atoms with van der Waals surface area (Å²) in [5.41, 5.74) is 5.19. The minimum atomic E-state index is -1.42. The number of aliphatic hydroxyl groups is 3. The highest BCUT2D eigenvalue weighted by molar-refractivity contribution is 5.57. The molecule has 0 aromatic carbocycles. The van der Waals surface area contributed by atoms with Gasteiger partial charge in [0.2, 0.25) is 0 Å². The molecule has 0 amide bonds. The van der Waals surface area contributed by atoms with Crippen molar-refractivity contribution >= 4 is 11.5 Å². The van der Waals surface area contributed by atoms with E-state index in [1.807, 2.05) is 0 Å². The van der Waals surface area contributed by atoms with Gasteiger partial charge >= 0.3 is 11.6 Å². The van der Waals surface area contributed by atoms with E-state index in [1.54, 1.807) is 0 Å². The van der Waals surface area contributed by atoms with E-state index in [4.69, 9.17) is 15.2 Å². The van der Waals surface area contributed by atoms with Crippen molar-refractivity contribution in [2.75, 3.05) is 24.8 Å². The lowest BCUT2D eigenvalue weighted by Crippen LogP contribution is -2.56. The first-order chi connectivity index (χ1) is 9.86. The van der Waals surface area contributed by atoms with Crippen molar-refractivity contribution < 1.29 is 29.8 Å². The molecule has 1 aromatic rings. The molecule has 1 saturated heterocycles. The van der Waals surface area contributed by atoms with Gasteiger partial charge in [-0.1, -0.05) is 0 Å². The third-order valence-electron chi connectivity index (χ3n) is 3.31. The van der Waals surface area contributed by atoms with Crippen LogP contribution < -0.4 is 26.3 Å². The smallest absolute Gasteiger partial charge is 0.399 e. The van der Waals surface area contributed by atoms with Gasteiger partial charge in [0.25, 0.3) is 5.82 Å². The molecule has 1 aliphatic heterocycles. The van der Waals surface area contributed by atoms with E-state index < -0.39 is 30.1 Å². The molecule has 7 N–H and O–H groups in total. The Morgan fingerprint density at radius 2 is 2.10 bits per heavy atom. The van der Waals surface area contributed by atoms with Gasteiger partial charge < -0.3 is 35.8 Å². The number of H-pyrrole nitrogens is 1. The number of methoxy groups -OCH3 is 1. The quantitative estimate of drug-likeness (QED) is 0.388. The van der Waals surface area contributed by atoms with Crippen molar-refractivity contribution in [3.05, 3.63) is 10.4 Å². The van der Waals surface area contributed by atoms with E-state index in [2.05, 4.69) is 10.3 Å². The number of ether oxygens (including phenoxy) is 2. The van der Waals surface area contributed by atoms with E-state index in [1.165, 1.54) is 18.7 Å². The van der Waals surface area contributed by atoms with Gasteiger partial charge in [0, 0.05) is 0 Å². The minimum Gasteiger partial charge on any atom is -0.446 e. The first-order valence-electron chi connectivity index (χ1n) is 6.25. The minimum absolute atomic E-state index is 0.00800. The molecular weight excluding hydrogens is 284 g/mol. The fourth-order valence-electron chi connectivity index (χ4n) is 2.04. The second-order valence-corrected chi connectivity index (χ2v) is 4.73. The first kappa shape index (κ1) is 15.5. The molecule has 4 atom stereocenters. The number of hydrogen-bond acceptors (Lipinski definition) is 8. The Labute approximate surface area is 119 Å². The van der Waals surface area contributed by atoms with Crippen molar-refractivity contribution in [2.24, 2.45) is 7.05 Å². The number of aliphatic hydroxyl groups excluding tert-OH is 3. The van der Waals surface area contributed by atoms with Gasteiger partial charge in [0.15, 0.2) is 11.9 Å². The Balaban J connectivity index is 2.28. The zero-order valence-electron chi connectivity index (χ0n) is 11.6. The summed E-state index contributed by atoms with van der Waals surface area (Å²) in [4.78, 5) is 14.8. The van der Waals surface area contributed by atoms with Crippen LogP contribution in [0.1, 0.15) is 0 Å². The van der Waals surface area contributed by atoms with E-state index in [-0.39, 0.29) is 24.1 Å².